The molecule has 1 unspecified atom stereocenters. The Morgan fingerprint density at radius 1 is 1.36 bits per heavy atom. The molecule has 0 aliphatic heterocycles. The lowest BCUT2D eigenvalue weighted by atomic mass is 10.2. The van der Waals surface area contributed by atoms with Gasteiger partial charge in [0.2, 0.25) is 0 Å². The van der Waals surface area contributed by atoms with Crippen molar-refractivity contribution in [2.24, 2.45) is 5.90 Å². The molecule has 4 heteroatoms. The van der Waals surface area contributed by atoms with E-state index in [1.807, 2.05) is 30.3 Å². The predicted molar refractivity (Wildman–Crippen MR) is 43.6 cm³/mol. The molecule has 0 radical (unpaired) electrons. The van der Waals surface area contributed by atoms with E-state index in [9.17, 15) is 4.21 Å². The monoisotopic (exact) mass is 171 g/mol. The molecule has 2 N–H and O–H groups in total. The average Bonchev–Trinajstić information content (AvgIpc) is 2.06. The van der Waals surface area contributed by atoms with Gasteiger partial charge in [-0.1, -0.05) is 30.3 Å². The Kier molecular flexibility index (Phi) is 3.22. The molecule has 60 valence electrons. The van der Waals surface area contributed by atoms with Crippen LogP contribution < -0.4 is 5.90 Å². The normalized spacial score (nSPS) is 12.8. The molecule has 0 fully saturated rings. The Morgan fingerprint density at radius 3 is 2.55 bits per heavy atom. The highest BCUT2D eigenvalue weighted by Crippen LogP contribution is 2.01. The summed E-state index contributed by atoms with van der Waals surface area (Å²) in [6.07, 6.45) is 0. The van der Waals surface area contributed by atoms with Gasteiger partial charge in [0, 0.05) is 0 Å². The SMILES string of the molecule is NOS(=O)Cc1ccccc1. The first-order valence-corrected chi connectivity index (χ1v) is 4.37. The molecular weight excluding hydrogens is 162 g/mol. The van der Waals surface area contributed by atoms with Crippen LogP contribution in [0.4, 0.5) is 0 Å². The van der Waals surface area contributed by atoms with E-state index < -0.39 is 11.1 Å². The van der Waals surface area contributed by atoms with Crippen molar-refractivity contribution >= 4 is 11.1 Å². The van der Waals surface area contributed by atoms with Crippen LogP contribution in [0.2, 0.25) is 0 Å². The Bertz CT molecular complexity index is 237. The van der Waals surface area contributed by atoms with Gasteiger partial charge in [-0.3, -0.25) is 0 Å². The van der Waals surface area contributed by atoms with Gasteiger partial charge in [-0.05, 0) is 5.56 Å². The number of hydrogen-bond acceptors (Lipinski definition) is 3. The lowest BCUT2D eigenvalue weighted by Crippen LogP contribution is -2.05. The van der Waals surface area contributed by atoms with Gasteiger partial charge in [0.25, 0.3) is 0 Å². The Hall–Kier alpha value is -0.710. The van der Waals surface area contributed by atoms with Gasteiger partial charge >= 0.3 is 0 Å². The quantitative estimate of drug-likeness (QED) is 0.682. The van der Waals surface area contributed by atoms with Crippen molar-refractivity contribution in [3.8, 4) is 0 Å². The van der Waals surface area contributed by atoms with Crippen molar-refractivity contribution in [1.82, 2.24) is 0 Å². The molecule has 0 aliphatic rings. The van der Waals surface area contributed by atoms with E-state index in [1.165, 1.54) is 0 Å². The molecule has 0 saturated heterocycles. The van der Waals surface area contributed by atoms with Gasteiger partial charge < -0.3 is 0 Å². The summed E-state index contributed by atoms with van der Waals surface area (Å²) >= 11 is -1.40. The zero-order valence-electron chi connectivity index (χ0n) is 5.90. The number of hydrogen-bond donors (Lipinski definition) is 1. The summed E-state index contributed by atoms with van der Waals surface area (Å²) in [5, 5.41) is 0. The molecular formula is C7H9NO2S. The first-order chi connectivity index (χ1) is 5.33. The third kappa shape index (κ3) is 2.80. The fourth-order valence-electron chi connectivity index (χ4n) is 0.744. The lowest BCUT2D eigenvalue weighted by molar-refractivity contribution is 0.366. The standard InChI is InChI=1S/C7H9NO2S/c8-10-11(9)6-7-4-2-1-3-5-7/h1-5H,6,8H2. The van der Waals surface area contributed by atoms with Crippen LogP contribution in [-0.2, 0) is 21.1 Å². The summed E-state index contributed by atoms with van der Waals surface area (Å²) in [6.45, 7) is 0. The van der Waals surface area contributed by atoms with E-state index in [1.54, 1.807) is 0 Å². The van der Waals surface area contributed by atoms with Crippen molar-refractivity contribution in [2.75, 3.05) is 0 Å². The maximum atomic E-state index is 10.7. The van der Waals surface area contributed by atoms with E-state index in [0.717, 1.165) is 5.56 Å². The molecule has 0 saturated carbocycles. The number of benzene rings is 1. The summed E-state index contributed by atoms with van der Waals surface area (Å²) in [7, 11) is 0. The lowest BCUT2D eigenvalue weighted by Gasteiger charge is -1.96. The second kappa shape index (κ2) is 4.23. The third-order valence-corrected chi connectivity index (χ3v) is 2.02. The largest absolute Gasteiger partial charge is 0.228 e. The number of rotatable bonds is 3. The van der Waals surface area contributed by atoms with Crippen molar-refractivity contribution in [2.45, 2.75) is 5.75 Å². The zero-order chi connectivity index (χ0) is 8.10. The van der Waals surface area contributed by atoms with Crippen molar-refractivity contribution < 1.29 is 8.49 Å². The number of nitrogens with two attached hydrogens (primary N) is 1. The molecule has 1 rings (SSSR count). The summed E-state index contributed by atoms with van der Waals surface area (Å²) < 4.78 is 14.9. The van der Waals surface area contributed by atoms with Crippen molar-refractivity contribution in [3.63, 3.8) is 0 Å². The van der Waals surface area contributed by atoms with E-state index in [4.69, 9.17) is 5.90 Å². The molecule has 3 nitrogen and oxygen atoms in total. The Balaban J connectivity index is 2.58. The zero-order valence-corrected chi connectivity index (χ0v) is 6.71. The highest BCUT2D eigenvalue weighted by Gasteiger charge is 1.98. The smallest absolute Gasteiger partial charge is 0.177 e. The molecule has 1 aromatic carbocycles. The van der Waals surface area contributed by atoms with Crippen LogP contribution in [0.3, 0.4) is 0 Å². The molecule has 0 aliphatic carbocycles. The second-order valence-electron chi connectivity index (χ2n) is 2.03. The van der Waals surface area contributed by atoms with Gasteiger partial charge in [0.15, 0.2) is 11.1 Å². The molecule has 0 spiro atoms. The first kappa shape index (κ1) is 8.39. The molecule has 11 heavy (non-hydrogen) atoms. The fraction of sp³-hybridized carbons (Fsp3) is 0.143. The van der Waals surface area contributed by atoms with Crippen LogP contribution in [0.1, 0.15) is 5.56 Å². The van der Waals surface area contributed by atoms with Gasteiger partial charge in [-0.15, -0.1) is 0 Å². The van der Waals surface area contributed by atoms with E-state index in [-0.39, 0.29) is 0 Å². The van der Waals surface area contributed by atoms with E-state index in [2.05, 4.69) is 4.28 Å². The van der Waals surface area contributed by atoms with Crippen molar-refractivity contribution in [3.05, 3.63) is 35.9 Å². The second-order valence-corrected chi connectivity index (χ2v) is 3.12. The van der Waals surface area contributed by atoms with Crippen molar-refractivity contribution in [1.29, 1.82) is 0 Å². The van der Waals surface area contributed by atoms with Crippen LogP contribution in [0.15, 0.2) is 30.3 Å². The van der Waals surface area contributed by atoms with Crippen LogP contribution in [-0.4, -0.2) is 4.21 Å². The predicted octanol–water partition coefficient (Wildman–Crippen LogP) is 0.741. The van der Waals surface area contributed by atoms with E-state index in [0.29, 0.717) is 5.75 Å². The fourth-order valence-corrected chi connectivity index (χ4v) is 1.28. The summed E-state index contributed by atoms with van der Waals surface area (Å²) in [4.78, 5) is 0. The Labute approximate surface area is 67.8 Å². The minimum absolute atomic E-state index is 0.345. The van der Waals surface area contributed by atoms with Gasteiger partial charge in [-0.25, -0.2) is 8.49 Å². The maximum absolute atomic E-state index is 10.7. The molecule has 1 aromatic rings. The van der Waals surface area contributed by atoms with Crippen LogP contribution >= 0.6 is 0 Å². The van der Waals surface area contributed by atoms with Gasteiger partial charge in [0.05, 0.1) is 5.75 Å². The van der Waals surface area contributed by atoms with Crippen LogP contribution in [0, 0.1) is 0 Å². The van der Waals surface area contributed by atoms with Gasteiger partial charge in [-0.2, -0.15) is 5.90 Å². The molecule has 0 amide bonds. The summed E-state index contributed by atoms with van der Waals surface area (Å²) in [6, 6.07) is 9.40. The summed E-state index contributed by atoms with van der Waals surface area (Å²) in [5.74, 6) is 5.06. The van der Waals surface area contributed by atoms with Gasteiger partial charge in [0.1, 0.15) is 0 Å². The Morgan fingerprint density at radius 2 is 2.00 bits per heavy atom. The minimum atomic E-state index is -1.40. The molecule has 0 aromatic heterocycles. The van der Waals surface area contributed by atoms with E-state index >= 15 is 0 Å². The third-order valence-electron chi connectivity index (χ3n) is 1.23. The van der Waals surface area contributed by atoms with Crippen LogP contribution in [0.25, 0.3) is 0 Å². The molecule has 0 heterocycles. The highest BCUT2D eigenvalue weighted by molar-refractivity contribution is 7.79. The highest BCUT2D eigenvalue weighted by atomic mass is 32.2. The average molecular weight is 171 g/mol. The summed E-state index contributed by atoms with van der Waals surface area (Å²) in [5.41, 5.74) is 0.955. The topological polar surface area (TPSA) is 52.3 Å². The maximum Gasteiger partial charge on any atom is 0.177 e. The van der Waals surface area contributed by atoms with Crippen LogP contribution in [0.5, 0.6) is 0 Å². The molecule has 0 bridgehead atoms. The first-order valence-electron chi connectivity index (χ1n) is 3.12. The minimum Gasteiger partial charge on any atom is -0.228 e. The molecule has 1 atom stereocenters.